The Morgan fingerprint density at radius 1 is 1.14 bits per heavy atom. The van der Waals surface area contributed by atoms with Crippen LogP contribution in [0.2, 0.25) is 0 Å². The molecule has 4 atom stereocenters. The molecule has 1 aromatic rings. The van der Waals surface area contributed by atoms with Crippen LogP contribution in [0.4, 0.5) is 22.0 Å². The lowest BCUT2D eigenvalue weighted by atomic mass is 9.82. The van der Waals surface area contributed by atoms with E-state index < -0.39 is 41.9 Å². The second-order valence-corrected chi connectivity index (χ2v) is 5.17. The van der Waals surface area contributed by atoms with E-state index in [0.29, 0.717) is 0 Å². The lowest BCUT2D eigenvalue weighted by Crippen LogP contribution is -2.33. The minimum Gasteiger partial charge on any atom is -0.493 e. The van der Waals surface area contributed by atoms with Crippen LogP contribution < -0.4 is 4.74 Å². The molecule has 3 unspecified atom stereocenters. The van der Waals surface area contributed by atoms with Crippen molar-refractivity contribution < 1.29 is 31.4 Å². The van der Waals surface area contributed by atoms with Crippen molar-refractivity contribution in [3.8, 4) is 5.75 Å². The first kappa shape index (κ1) is 16.0. The Labute approximate surface area is 118 Å². The third-order valence-corrected chi connectivity index (χ3v) is 3.88. The molecule has 21 heavy (non-hydrogen) atoms. The van der Waals surface area contributed by atoms with E-state index >= 15 is 0 Å². The van der Waals surface area contributed by atoms with Crippen LogP contribution in [0.15, 0.2) is 12.1 Å². The maximum Gasteiger partial charge on any atom is 0.414 e. The Bertz CT molecular complexity index is 529. The summed E-state index contributed by atoms with van der Waals surface area (Å²) >= 11 is 0. The van der Waals surface area contributed by atoms with Crippen molar-refractivity contribution in [2.75, 3.05) is 7.11 Å². The van der Waals surface area contributed by atoms with E-state index in [1.807, 2.05) is 0 Å². The van der Waals surface area contributed by atoms with Crippen molar-refractivity contribution in [2.45, 2.75) is 38.1 Å². The minimum atomic E-state index is -4.51. The van der Waals surface area contributed by atoms with Gasteiger partial charge in [0, 0.05) is 17.4 Å². The Hall–Kier alpha value is -1.37. The van der Waals surface area contributed by atoms with Gasteiger partial charge in [-0.3, -0.25) is 0 Å². The van der Waals surface area contributed by atoms with Crippen LogP contribution in [0.5, 0.6) is 5.75 Å². The van der Waals surface area contributed by atoms with Gasteiger partial charge in [-0.15, -0.1) is 0 Å². The maximum atomic E-state index is 13.7. The van der Waals surface area contributed by atoms with Crippen LogP contribution >= 0.6 is 0 Å². The van der Waals surface area contributed by atoms with Gasteiger partial charge in [-0.2, -0.15) is 17.6 Å². The lowest BCUT2D eigenvalue weighted by Gasteiger charge is -2.23. The van der Waals surface area contributed by atoms with Crippen molar-refractivity contribution in [1.82, 2.24) is 0 Å². The van der Waals surface area contributed by atoms with E-state index in [9.17, 15) is 22.0 Å². The number of alkyl halides is 3. The zero-order chi connectivity index (χ0) is 15.9. The minimum absolute atomic E-state index is 0.183. The topological polar surface area (TPSA) is 18.5 Å². The SMILES string of the molecule is COc1c(C2C(C)C(C(F)(F)F)O[C@H]2C)ccc(F)c1F. The molecule has 0 aromatic heterocycles. The fourth-order valence-electron chi connectivity index (χ4n) is 2.98. The first-order valence-electron chi connectivity index (χ1n) is 6.42. The monoisotopic (exact) mass is 310 g/mol. The van der Waals surface area contributed by atoms with Gasteiger partial charge in [0.15, 0.2) is 17.7 Å². The second kappa shape index (κ2) is 5.44. The molecule has 0 saturated carbocycles. The molecule has 1 fully saturated rings. The maximum absolute atomic E-state index is 13.7. The van der Waals surface area contributed by atoms with E-state index in [1.54, 1.807) is 0 Å². The summed E-state index contributed by atoms with van der Waals surface area (Å²) < 4.78 is 75.5. The molecule has 0 amide bonds. The molecule has 1 aliphatic rings. The largest absolute Gasteiger partial charge is 0.493 e. The second-order valence-electron chi connectivity index (χ2n) is 5.17. The average Bonchev–Trinajstić information content (AvgIpc) is 2.68. The number of methoxy groups -OCH3 is 1. The van der Waals surface area contributed by atoms with Crippen molar-refractivity contribution >= 4 is 0 Å². The zero-order valence-electron chi connectivity index (χ0n) is 11.7. The number of rotatable bonds is 2. The number of hydrogen-bond donors (Lipinski definition) is 0. The van der Waals surface area contributed by atoms with Gasteiger partial charge in [0.05, 0.1) is 13.2 Å². The van der Waals surface area contributed by atoms with Gasteiger partial charge in [-0.25, -0.2) is 4.39 Å². The van der Waals surface area contributed by atoms with Gasteiger partial charge >= 0.3 is 6.18 Å². The Balaban J connectivity index is 2.45. The predicted molar refractivity (Wildman–Crippen MR) is 65.2 cm³/mol. The van der Waals surface area contributed by atoms with Gasteiger partial charge in [-0.1, -0.05) is 13.0 Å². The standard InChI is InChI=1S/C14H15F5O2/c1-6-10(7(2)21-13(6)14(17,18)19)8-4-5-9(15)11(16)12(8)20-3/h4-7,10,13H,1-3H3/t6?,7-,10?,13?/m0/s1. The summed E-state index contributed by atoms with van der Waals surface area (Å²) in [5.41, 5.74) is 0.183. The van der Waals surface area contributed by atoms with E-state index in [1.165, 1.54) is 19.9 Å². The molecular formula is C14H15F5O2. The van der Waals surface area contributed by atoms with E-state index in [-0.39, 0.29) is 11.3 Å². The summed E-state index contributed by atoms with van der Waals surface area (Å²) in [5, 5.41) is 0. The van der Waals surface area contributed by atoms with E-state index in [4.69, 9.17) is 9.47 Å². The summed E-state index contributed by atoms with van der Waals surface area (Å²) in [6, 6.07) is 2.13. The van der Waals surface area contributed by atoms with Gasteiger partial charge < -0.3 is 9.47 Å². The van der Waals surface area contributed by atoms with E-state index in [2.05, 4.69) is 0 Å². The fraction of sp³-hybridized carbons (Fsp3) is 0.571. The highest BCUT2D eigenvalue weighted by Crippen LogP contribution is 2.48. The van der Waals surface area contributed by atoms with Crippen LogP contribution in [0.3, 0.4) is 0 Å². The summed E-state index contributed by atoms with van der Waals surface area (Å²) in [7, 11) is 1.15. The Morgan fingerprint density at radius 3 is 2.24 bits per heavy atom. The quantitative estimate of drug-likeness (QED) is 0.768. The van der Waals surface area contributed by atoms with Crippen molar-refractivity contribution in [3.63, 3.8) is 0 Å². The molecule has 7 heteroatoms. The highest BCUT2D eigenvalue weighted by atomic mass is 19.4. The average molecular weight is 310 g/mol. The third kappa shape index (κ3) is 2.71. The molecule has 1 aliphatic heterocycles. The first-order valence-corrected chi connectivity index (χ1v) is 6.42. The highest BCUT2D eigenvalue weighted by molar-refractivity contribution is 5.40. The molecule has 0 aliphatic carbocycles. The van der Waals surface area contributed by atoms with Crippen LogP contribution in [0.25, 0.3) is 0 Å². The molecule has 1 saturated heterocycles. The lowest BCUT2D eigenvalue weighted by molar-refractivity contribution is -0.221. The molecule has 1 heterocycles. The van der Waals surface area contributed by atoms with Gasteiger partial charge in [0.2, 0.25) is 5.82 Å². The summed E-state index contributed by atoms with van der Waals surface area (Å²) in [5.74, 6) is -4.35. The number of benzene rings is 1. The third-order valence-electron chi connectivity index (χ3n) is 3.88. The van der Waals surface area contributed by atoms with Crippen LogP contribution in [0.1, 0.15) is 25.3 Å². The highest BCUT2D eigenvalue weighted by Gasteiger charge is 2.54. The Morgan fingerprint density at radius 2 is 1.76 bits per heavy atom. The molecule has 2 rings (SSSR count). The first-order chi connectivity index (χ1) is 9.68. The molecule has 0 N–H and O–H groups in total. The molecule has 0 spiro atoms. The molecule has 0 bridgehead atoms. The van der Waals surface area contributed by atoms with Crippen LogP contribution in [-0.2, 0) is 4.74 Å². The van der Waals surface area contributed by atoms with Gasteiger partial charge in [0.25, 0.3) is 0 Å². The molecule has 0 radical (unpaired) electrons. The van der Waals surface area contributed by atoms with E-state index in [0.717, 1.165) is 13.2 Å². The normalized spacial score (nSPS) is 29.7. The Kier molecular flexibility index (Phi) is 4.15. The number of halogens is 5. The zero-order valence-corrected chi connectivity index (χ0v) is 11.7. The predicted octanol–water partition coefficient (Wildman–Crippen LogP) is 4.04. The summed E-state index contributed by atoms with van der Waals surface area (Å²) in [4.78, 5) is 0. The number of ether oxygens (including phenoxy) is 2. The van der Waals surface area contributed by atoms with Crippen LogP contribution in [0, 0.1) is 17.6 Å². The molecule has 1 aromatic carbocycles. The fourth-order valence-corrected chi connectivity index (χ4v) is 2.98. The van der Waals surface area contributed by atoms with Crippen molar-refractivity contribution in [2.24, 2.45) is 5.92 Å². The molecule has 2 nitrogen and oxygen atoms in total. The van der Waals surface area contributed by atoms with Gasteiger partial charge in [0.1, 0.15) is 0 Å². The summed E-state index contributed by atoms with van der Waals surface area (Å²) in [6.45, 7) is 2.86. The van der Waals surface area contributed by atoms with Crippen LogP contribution in [-0.4, -0.2) is 25.5 Å². The van der Waals surface area contributed by atoms with Gasteiger partial charge in [-0.05, 0) is 13.0 Å². The smallest absolute Gasteiger partial charge is 0.414 e. The van der Waals surface area contributed by atoms with Crippen molar-refractivity contribution in [3.05, 3.63) is 29.3 Å². The summed E-state index contributed by atoms with van der Waals surface area (Å²) in [6.07, 6.45) is -7.23. The number of hydrogen-bond acceptors (Lipinski definition) is 2. The van der Waals surface area contributed by atoms with Crippen molar-refractivity contribution in [1.29, 1.82) is 0 Å². The molecule has 118 valence electrons. The molecular weight excluding hydrogens is 295 g/mol.